The summed E-state index contributed by atoms with van der Waals surface area (Å²) in [6, 6.07) is 17.7. The molecule has 2 N–H and O–H groups in total. The van der Waals surface area contributed by atoms with Crippen LogP contribution in [0.5, 0.6) is 17.2 Å². The molecule has 0 aliphatic rings. The number of ether oxygens (including phenoxy) is 2. The topological polar surface area (TPSA) is 89.5 Å². The van der Waals surface area contributed by atoms with Crippen LogP contribution in [-0.2, 0) is 6.54 Å². The molecule has 0 fully saturated rings. The molecule has 7 nitrogen and oxygen atoms in total. The Morgan fingerprint density at radius 2 is 1.72 bits per heavy atom. The number of hydrogen-bond donors (Lipinski definition) is 2. The number of rotatable bonds is 7. The summed E-state index contributed by atoms with van der Waals surface area (Å²) in [5, 5.41) is 5.39. The minimum atomic E-state index is -0.314. The van der Waals surface area contributed by atoms with Gasteiger partial charge in [0.2, 0.25) is 0 Å². The first-order valence-corrected chi connectivity index (χ1v) is 8.97. The first-order chi connectivity index (χ1) is 14.1. The molecule has 2 amide bonds. The second kappa shape index (κ2) is 9.36. The standard InChI is InChI=1S/C22H21N3O4/c1-23-22(27)19-13-17(10-11-24-19)29-16-8-9-20(28-2)18(12-16)21(26)25-14-15-6-4-3-5-7-15/h3-13H,14H2,1-2H3,(H,23,27)(H,25,26). The number of methoxy groups -OCH3 is 1. The van der Waals surface area contributed by atoms with Crippen molar-refractivity contribution in [2.75, 3.05) is 14.2 Å². The zero-order valence-corrected chi connectivity index (χ0v) is 16.1. The highest BCUT2D eigenvalue weighted by molar-refractivity contribution is 5.97. The monoisotopic (exact) mass is 391 g/mol. The Morgan fingerprint density at radius 1 is 0.966 bits per heavy atom. The van der Waals surface area contributed by atoms with Gasteiger partial charge in [-0.25, -0.2) is 0 Å². The number of amides is 2. The van der Waals surface area contributed by atoms with Crippen LogP contribution in [0.3, 0.4) is 0 Å². The second-order valence-electron chi connectivity index (χ2n) is 6.09. The van der Waals surface area contributed by atoms with Crippen LogP contribution in [0.4, 0.5) is 0 Å². The van der Waals surface area contributed by atoms with Crippen molar-refractivity contribution in [1.29, 1.82) is 0 Å². The fourth-order valence-electron chi connectivity index (χ4n) is 2.66. The van der Waals surface area contributed by atoms with E-state index in [1.165, 1.54) is 26.4 Å². The van der Waals surface area contributed by atoms with Gasteiger partial charge in [0.1, 0.15) is 22.9 Å². The van der Waals surface area contributed by atoms with E-state index >= 15 is 0 Å². The molecule has 3 rings (SSSR count). The van der Waals surface area contributed by atoms with Gasteiger partial charge in [-0.15, -0.1) is 0 Å². The molecule has 0 aliphatic carbocycles. The molecule has 2 aromatic carbocycles. The molecule has 0 radical (unpaired) electrons. The Hall–Kier alpha value is -3.87. The molecule has 148 valence electrons. The molecule has 0 aliphatic heterocycles. The summed E-state index contributed by atoms with van der Waals surface area (Å²) in [6.07, 6.45) is 1.48. The number of carbonyl (C=O) groups is 2. The van der Waals surface area contributed by atoms with Crippen molar-refractivity contribution in [3.05, 3.63) is 83.7 Å². The van der Waals surface area contributed by atoms with Crippen molar-refractivity contribution in [2.24, 2.45) is 0 Å². The maximum Gasteiger partial charge on any atom is 0.269 e. The lowest BCUT2D eigenvalue weighted by Crippen LogP contribution is -2.23. The van der Waals surface area contributed by atoms with E-state index in [2.05, 4.69) is 15.6 Å². The van der Waals surface area contributed by atoms with Crippen molar-refractivity contribution in [1.82, 2.24) is 15.6 Å². The fourth-order valence-corrected chi connectivity index (χ4v) is 2.66. The summed E-state index contributed by atoms with van der Waals surface area (Å²) < 4.78 is 11.1. The van der Waals surface area contributed by atoms with Gasteiger partial charge in [-0.3, -0.25) is 14.6 Å². The molecule has 0 spiro atoms. The van der Waals surface area contributed by atoms with Crippen LogP contribution < -0.4 is 20.1 Å². The van der Waals surface area contributed by atoms with Gasteiger partial charge in [0.15, 0.2) is 0 Å². The first kappa shape index (κ1) is 19.9. The lowest BCUT2D eigenvalue weighted by atomic mass is 10.1. The third-order valence-corrected chi connectivity index (χ3v) is 4.14. The van der Waals surface area contributed by atoms with E-state index in [1.54, 1.807) is 24.3 Å². The zero-order valence-electron chi connectivity index (χ0n) is 16.1. The number of pyridine rings is 1. The van der Waals surface area contributed by atoms with Gasteiger partial charge in [-0.05, 0) is 29.8 Å². The Kier molecular flexibility index (Phi) is 6.42. The van der Waals surface area contributed by atoms with Crippen molar-refractivity contribution in [3.63, 3.8) is 0 Å². The summed E-state index contributed by atoms with van der Waals surface area (Å²) in [7, 11) is 3.03. The molecular formula is C22H21N3O4. The quantitative estimate of drug-likeness (QED) is 0.646. The van der Waals surface area contributed by atoms with E-state index in [0.29, 0.717) is 29.4 Å². The predicted octanol–water partition coefficient (Wildman–Crippen LogP) is 3.17. The third-order valence-electron chi connectivity index (χ3n) is 4.14. The van der Waals surface area contributed by atoms with Gasteiger partial charge >= 0.3 is 0 Å². The predicted molar refractivity (Wildman–Crippen MR) is 108 cm³/mol. The Bertz CT molecular complexity index is 1010. The van der Waals surface area contributed by atoms with Gasteiger partial charge in [0, 0.05) is 25.9 Å². The highest BCUT2D eigenvalue weighted by Crippen LogP contribution is 2.28. The van der Waals surface area contributed by atoms with E-state index in [9.17, 15) is 9.59 Å². The first-order valence-electron chi connectivity index (χ1n) is 8.97. The van der Waals surface area contributed by atoms with E-state index < -0.39 is 0 Å². The number of carbonyl (C=O) groups excluding carboxylic acids is 2. The molecule has 0 saturated carbocycles. The van der Waals surface area contributed by atoms with Crippen molar-refractivity contribution < 1.29 is 19.1 Å². The smallest absolute Gasteiger partial charge is 0.269 e. The average molecular weight is 391 g/mol. The molecule has 1 aromatic heterocycles. The number of nitrogens with zero attached hydrogens (tertiary/aromatic N) is 1. The third kappa shape index (κ3) is 5.10. The van der Waals surface area contributed by atoms with E-state index in [1.807, 2.05) is 30.3 Å². The van der Waals surface area contributed by atoms with Crippen LogP contribution in [-0.4, -0.2) is 31.0 Å². The number of aromatic nitrogens is 1. The summed E-state index contributed by atoms with van der Waals surface area (Å²) in [5.41, 5.74) is 1.58. The molecule has 3 aromatic rings. The molecule has 0 saturated heterocycles. The molecule has 1 heterocycles. The van der Waals surface area contributed by atoms with Gasteiger partial charge in [-0.1, -0.05) is 30.3 Å². The largest absolute Gasteiger partial charge is 0.496 e. The zero-order chi connectivity index (χ0) is 20.6. The highest BCUT2D eigenvalue weighted by atomic mass is 16.5. The minimum Gasteiger partial charge on any atom is -0.496 e. The Morgan fingerprint density at radius 3 is 2.45 bits per heavy atom. The van der Waals surface area contributed by atoms with E-state index in [0.717, 1.165) is 5.56 Å². The summed E-state index contributed by atoms with van der Waals surface area (Å²) in [4.78, 5) is 28.4. The van der Waals surface area contributed by atoms with Gasteiger partial charge in [0.25, 0.3) is 11.8 Å². The van der Waals surface area contributed by atoms with E-state index in [4.69, 9.17) is 9.47 Å². The molecule has 0 unspecified atom stereocenters. The lowest BCUT2D eigenvalue weighted by Gasteiger charge is -2.12. The fraction of sp³-hybridized carbons (Fsp3) is 0.136. The van der Waals surface area contributed by atoms with Gasteiger partial charge in [0.05, 0.1) is 12.7 Å². The molecule has 29 heavy (non-hydrogen) atoms. The Balaban J connectivity index is 1.78. The SMILES string of the molecule is CNC(=O)c1cc(Oc2ccc(OC)c(C(=O)NCc3ccccc3)c2)ccn1. The molecular weight excluding hydrogens is 370 g/mol. The second-order valence-corrected chi connectivity index (χ2v) is 6.09. The maximum absolute atomic E-state index is 12.7. The summed E-state index contributed by atoms with van der Waals surface area (Å²) in [6.45, 7) is 0.397. The van der Waals surface area contributed by atoms with Crippen LogP contribution in [0.15, 0.2) is 66.9 Å². The molecule has 0 atom stereocenters. The van der Waals surface area contributed by atoms with Crippen molar-refractivity contribution in [2.45, 2.75) is 6.54 Å². The maximum atomic E-state index is 12.7. The lowest BCUT2D eigenvalue weighted by molar-refractivity contribution is 0.0943. The van der Waals surface area contributed by atoms with Crippen LogP contribution in [0.1, 0.15) is 26.4 Å². The van der Waals surface area contributed by atoms with Gasteiger partial charge in [-0.2, -0.15) is 0 Å². The Labute approximate surface area is 168 Å². The number of hydrogen-bond acceptors (Lipinski definition) is 5. The van der Waals surface area contributed by atoms with Gasteiger partial charge < -0.3 is 20.1 Å². The van der Waals surface area contributed by atoms with Crippen LogP contribution >= 0.6 is 0 Å². The van der Waals surface area contributed by atoms with Crippen LogP contribution in [0.2, 0.25) is 0 Å². The average Bonchev–Trinajstić information content (AvgIpc) is 2.77. The van der Waals surface area contributed by atoms with E-state index in [-0.39, 0.29) is 17.5 Å². The van der Waals surface area contributed by atoms with Crippen LogP contribution in [0.25, 0.3) is 0 Å². The normalized spacial score (nSPS) is 10.1. The minimum absolute atomic E-state index is 0.235. The summed E-state index contributed by atoms with van der Waals surface area (Å²) in [5.74, 6) is 0.705. The number of benzene rings is 2. The van der Waals surface area contributed by atoms with Crippen LogP contribution in [0, 0.1) is 0 Å². The van der Waals surface area contributed by atoms with Crippen molar-refractivity contribution >= 4 is 11.8 Å². The van der Waals surface area contributed by atoms with Crippen molar-refractivity contribution in [3.8, 4) is 17.2 Å². The number of nitrogens with one attached hydrogen (secondary N) is 2. The summed E-state index contributed by atoms with van der Waals surface area (Å²) >= 11 is 0. The molecule has 7 heteroatoms. The highest BCUT2D eigenvalue weighted by Gasteiger charge is 2.14. The molecule has 0 bridgehead atoms.